The lowest BCUT2D eigenvalue weighted by Gasteiger charge is -1.84. The molecule has 0 heterocycles. The Morgan fingerprint density at radius 2 is 2.00 bits per heavy atom. The molecule has 46 valence electrons. The highest BCUT2D eigenvalue weighted by molar-refractivity contribution is 6.34. The summed E-state index contributed by atoms with van der Waals surface area (Å²) in [5.41, 5.74) is 0. The number of rotatable bonds is 3. The monoisotopic (exact) mass is 136 g/mol. The molecular formula is C4H5ClO3. The van der Waals surface area contributed by atoms with Gasteiger partial charge in [0.05, 0.1) is 0 Å². The van der Waals surface area contributed by atoms with Gasteiger partial charge in [-0.3, -0.25) is 4.79 Å². The largest absolute Gasteiger partial charge is 0.476 e. The van der Waals surface area contributed by atoms with Gasteiger partial charge in [0.2, 0.25) is 5.78 Å². The Balaban J connectivity index is 3.49. The number of hydrogen-bond acceptors (Lipinski definition) is 2. The lowest BCUT2D eigenvalue weighted by molar-refractivity contribution is -0.148. The van der Waals surface area contributed by atoms with E-state index in [1.807, 2.05) is 0 Å². The maximum Gasteiger partial charge on any atom is 0.372 e. The van der Waals surface area contributed by atoms with Crippen molar-refractivity contribution >= 4 is 23.4 Å². The molecule has 0 bridgehead atoms. The van der Waals surface area contributed by atoms with Crippen molar-refractivity contribution in [2.24, 2.45) is 0 Å². The third kappa shape index (κ3) is 2.58. The van der Waals surface area contributed by atoms with Crippen LogP contribution < -0.4 is 0 Å². The van der Waals surface area contributed by atoms with E-state index >= 15 is 0 Å². The van der Waals surface area contributed by atoms with Crippen LogP contribution in [-0.2, 0) is 9.59 Å². The van der Waals surface area contributed by atoms with Gasteiger partial charge in [-0.25, -0.2) is 4.79 Å². The van der Waals surface area contributed by atoms with Crippen LogP contribution in [0.4, 0.5) is 0 Å². The molecule has 0 fully saturated rings. The van der Waals surface area contributed by atoms with Crippen LogP contribution >= 0.6 is 11.6 Å². The number of carboxylic acid groups (broad SMARTS) is 1. The van der Waals surface area contributed by atoms with E-state index in [-0.39, 0.29) is 12.3 Å². The second-order valence-corrected chi connectivity index (χ2v) is 1.55. The van der Waals surface area contributed by atoms with E-state index < -0.39 is 11.8 Å². The van der Waals surface area contributed by atoms with Crippen molar-refractivity contribution < 1.29 is 14.7 Å². The molecule has 0 amide bonds. The summed E-state index contributed by atoms with van der Waals surface area (Å²) in [6, 6.07) is 0. The van der Waals surface area contributed by atoms with E-state index in [9.17, 15) is 9.59 Å². The van der Waals surface area contributed by atoms with E-state index in [1.165, 1.54) is 0 Å². The fraction of sp³-hybridized carbons (Fsp3) is 0.500. The van der Waals surface area contributed by atoms with Crippen LogP contribution in [-0.4, -0.2) is 22.7 Å². The minimum absolute atomic E-state index is 0.0745. The second-order valence-electron chi connectivity index (χ2n) is 1.17. The van der Waals surface area contributed by atoms with Gasteiger partial charge in [-0.1, -0.05) is 0 Å². The summed E-state index contributed by atoms with van der Waals surface area (Å²) in [4.78, 5) is 19.7. The summed E-state index contributed by atoms with van der Waals surface area (Å²) >= 11 is 5.06. The number of carbonyl (C=O) groups excluding carboxylic acids is 1. The van der Waals surface area contributed by atoms with Crippen molar-refractivity contribution in [2.45, 2.75) is 6.42 Å². The van der Waals surface area contributed by atoms with Crippen molar-refractivity contribution in [3.05, 3.63) is 0 Å². The van der Waals surface area contributed by atoms with Gasteiger partial charge in [0, 0.05) is 12.3 Å². The minimum Gasteiger partial charge on any atom is -0.476 e. The van der Waals surface area contributed by atoms with E-state index in [0.717, 1.165) is 0 Å². The summed E-state index contributed by atoms with van der Waals surface area (Å²) in [5.74, 6) is -2.17. The first-order valence-corrected chi connectivity index (χ1v) is 2.54. The quantitative estimate of drug-likeness (QED) is 0.448. The molecule has 1 N–H and O–H groups in total. The second kappa shape index (κ2) is 3.43. The number of Topliss-reactive ketones (excluding diaryl/α,β-unsaturated/α-hetero) is 1. The Hall–Kier alpha value is -0.570. The Morgan fingerprint density at radius 3 is 2.12 bits per heavy atom. The highest BCUT2D eigenvalue weighted by Crippen LogP contribution is 1.85. The fourth-order valence-corrected chi connectivity index (χ4v) is 0.364. The van der Waals surface area contributed by atoms with Crippen LogP contribution in [0, 0.1) is 0 Å². The summed E-state index contributed by atoms with van der Waals surface area (Å²) < 4.78 is 0. The average molecular weight is 137 g/mol. The number of ketones is 1. The van der Waals surface area contributed by atoms with Crippen LogP contribution in [0.15, 0.2) is 0 Å². The van der Waals surface area contributed by atoms with Crippen LogP contribution in [0.3, 0.4) is 0 Å². The van der Waals surface area contributed by atoms with Crippen LogP contribution in [0.5, 0.6) is 0 Å². The van der Waals surface area contributed by atoms with Gasteiger partial charge in [0.15, 0.2) is 0 Å². The van der Waals surface area contributed by atoms with Gasteiger partial charge in [0.1, 0.15) is 0 Å². The molecule has 0 aliphatic carbocycles. The van der Waals surface area contributed by atoms with E-state index in [1.54, 1.807) is 0 Å². The Labute approximate surface area is 51.3 Å². The zero-order valence-electron chi connectivity index (χ0n) is 4.06. The maximum atomic E-state index is 10.1. The number of carbonyl (C=O) groups is 2. The molecule has 0 aliphatic heterocycles. The van der Waals surface area contributed by atoms with Gasteiger partial charge >= 0.3 is 5.97 Å². The third-order valence-electron chi connectivity index (χ3n) is 0.560. The summed E-state index contributed by atoms with van der Waals surface area (Å²) in [6.45, 7) is 0. The van der Waals surface area contributed by atoms with E-state index in [0.29, 0.717) is 0 Å². The van der Waals surface area contributed by atoms with Gasteiger partial charge in [-0.05, 0) is 0 Å². The predicted molar refractivity (Wildman–Crippen MR) is 28.0 cm³/mol. The van der Waals surface area contributed by atoms with Crippen LogP contribution in [0.25, 0.3) is 0 Å². The highest BCUT2D eigenvalue weighted by atomic mass is 35.5. The molecule has 0 unspecified atom stereocenters. The van der Waals surface area contributed by atoms with Gasteiger partial charge in [-0.2, -0.15) is 0 Å². The molecule has 8 heavy (non-hydrogen) atoms. The molecule has 0 saturated carbocycles. The van der Waals surface area contributed by atoms with Crippen LogP contribution in [0.1, 0.15) is 6.42 Å². The first-order chi connectivity index (χ1) is 3.68. The van der Waals surface area contributed by atoms with Gasteiger partial charge in [0.25, 0.3) is 0 Å². The molecule has 0 spiro atoms. The molecular weight excluding hydrogens is 131 g/mol. The molecule has 0 atom stereocenters. The number of halogens is 1. The Bertz CT molecular complexity index is 110. The normalized spacial score (nSPS) is 8.62. The number of hydrogen-bond donors (Lipinski definition) is 1. The lowest BCUT2D eigenvalue weighted by Crippen LogP contribution is -2.12. The Kier molecular flexibility index (Phi) is 3.19. The molecule has 0 aromatic heterocycles. The van der Waals surface area contributed by atoms with Crippen molar-refractivity contribution in [1.29, 1.82) is 0 Å². The standard InChI is InChI=1S/C4H5ClO3/c5-2-1-3(6)4(7)8/h1-2H2,(H,7,8). The van der Waals surface area contributed by atoms with Crippen molar-refractivity contribution in [1.82, 2.24) is 0 Å². The third-order valence-corrected chi connectivity index (χ3v) is 0.749. The average Bonchev–Trinajstić information content (AvgIpc) is 1.67. The van der Waals surface area contributed by atoms with Gasteiger partial charge < -0.3 is 5.11 Å². The topological polar surface area (TPSA) is 54.4 Å². The number of carboxylic acids is 1. The first-order valence-electron chi connectivity index (χ1n) is 2.00. The smallest absolute Gasteiger partial charge is 0.372 e. The Morgan fingerprint density at radius 1 is 1.50 bits per heavy atom. The van der Waals surface area contributed by atoms with Crippen LogP contribution in [0.2, 0.25) is 0 Å². The SMILES string of the molecule is O=C(O)C(=O)CCCl. The lowest BCUT2D eigenvalue weighted by atomic mass is 10.3. The molecule has 0 saturated heterocycles. The molecule has 3 nitrogen and oxygen atoms in total. The maximum absolute atomic E-state index is 10.1. The minimum atomic E-state index is -1.41. The molecule has 0 radical (unpaired) electrons. The zero-order chi connectivity index (χ0) is 6.57. The van der Waals surface area contributed by atoms with Crippen molar-refractivity contribution in [3.63, 3.8) is 0 Å². The first kappa shape index (κ1) is 7.43. The summed E-state index contributed by atoms with van der Waals surface area (Å²) in [7, 11) is 0. The summed E-state index contributed by atoms with van der Waals surface area (Å²) in [5, 5.41) is 7.90. The van der Waals surface area contributed by atoms with Crippen molar-refractivity contribution in [2.75, 3.05) is 5.88 Å². The van der Waals surface area contributed by atoms with E-state index in [4.69, 9.17) is 16.7 Å². The number of alkyl halides is 1. The number of aliphatic carboxylic acids is 1. The molecule has 0 aliphatic rings. The summed E-state index contributed by atoms with van der Waals surface area (Å²) in [6.07, 6.45) is -0.0864. The molecule has 0 aromatic carbocycles. The molecule has 0 rings (SSSR count). The predicted octanol–water partition coefficient (Wildman–Crippen LogP) is 0.269. The zero-order valence-corrected chi connectivity index (χ0v) is 4.81. The van der Waals surface area contributed by atoms with E-state index in [2.05, 4.69) is 0 Å². The highest BCUT2D eigenvalue weighted by Gasteiger charge is 2.08. The molecule has 4 heteroatoms. The van der Waals surface area contributed by atoms with Gasteiger partial charge in [-0.15, -0.1) is 11.6 Å². The fourth-order valence-electron chi connectivity index (χ4n) is 0.193. The molecule has 0 aromatic rings. The van der Waals surface area contributed by atoms with Crippen molar-refractivity contribution in [3.8, 4) is 0 Å².